The first kappa shape index (κ1) is 13.9. The first-order valence-corrected chi connectivity index (χ1v) is 8.84. The van der Waals surface area contributed by atoms with Gasteiger partial charge in [0.05, 0.1) is 9.12 Å². The van der Waals surface area contributed by atoms with Gasteiger partial charge >= 0.3 is 0 Å². The van der Waals surface area contributed by atoms with Crippen molar-refractivity contribution in [2.24, 2.45) is 17.8 Å². The molecule has 5 heteroatoms. The van der Waals surface area contributed by atoms with Crippen LogP contribution in [0.15, 0.2) is 9.15 Å². The van der Waals surface area contributed by atoms with Crippen molar-refractivity contribution >= 4 is 40.1 Å². The Hall–Kier alpha value is -0.720. The summed E-state index contributed by atoms with van der Waals surface area (Å²) in [6.45, 7) is 2.84. The molecule has 1 spiro atoms. The van der Waals surface area contributed by atoms with E-state index in [1.807, 2.05) is 0 Å². The van der Waals surface area contributed by atoms with Crippen molar-refractivity contribution in [1.82, 2.24) is 4.90 Å². The van der Waals surface area contributed by atoms with Crippen molar-refractivity contribution < 1.29 is 14.4 Å². The topological polar surface area (TPSA) is 54.5 Å². The van der Waals surface area contributed by atoms with Crippen molar-refractivity contribution in [3.8, 4) is 0 Å². The number of ketones is 2. The molecule has 2 aliphatic heterocycles. The molecule has 112 valence electrons. The van der Waals surface area contributed by atoms with Crippen LogP contribution in [-0.4, -0.2) is 34.5 Å². The Bertz CT molecular complexity index is 611. The van der Waals surface area contributed by atoms with Crippen LogP contribution in [0.3, 0.4) is 0 Å². The lowest BCUT2D eigenvalue weighted by molar-refractivity contribution is -0.159. The van der Waals surface area contributed by atoms with Gasteiger partial charge in [0.25, 0.3) is 11.7 Å². The molecule has 21 heavy (non-hydrogen) atoms. The molecule has 1 saturated heterocycles. The summed E-state index contributed by atoms with van der Waals surface area (Å²) < 4.78 is 0.616. The number of piperidine rings is 1. The first-order chi connectivity index (χ1) is 9.96. The van der Waals surface area contributed by atoms with Crippen LogP contribution in [-0.2, 0) is 14.4 Å². The highest BCUT2D eigenvalue weighted by Crippen LogP contribution is 2.59. The molecule has 4 rings (SSSR count). The summed E-state index contributed by atoms with van der Waals surface area (Å²) in [6, 6.07) is 0. The van der Waals surface area contributed by atoms with Gasteiger partial charge in [0.1, 0.15) is 5.78 Å². The highest BCUT2D eigenvalue weighted by atomic mass is 127. The van der Waals surface area contributed by atoms with Crippen molar-refractivity contribution in [3.63, 3.8) is 0 Å². The first-order valence-electron chi connectivity index (χ1n) is 7.76. The maximum absolute atomic E-state index is 12.6. The third kappa shape index (κ3) is 1.58. The van der Waals surface area contributed by atoms with E-state index in [-0.39, 0.29) is 23.5 Å². The molecule has 0 aromatic carbocycles. The smallest absolute Gasteiger partial charge is 0.296 e. The molecule has 1 amide bonds. The maximum atomic E-state index is 12.6. The molecular formula is C16H18INO3. The molecule has 0 N–H and O–H groups in total. The fourth-order valence-electron chi connectivity index (χ4n) is 5.34. The zero-order chi connectivity index (χ0) is 14.9. The number of amides is 1. The molecule has 4 aliphatic rings. The second-order valence-electron chi connectivity index (χ2n) is 7.05. The van der Waals surface area contributed by atoms with E-state index in [4.69, 9.17) is 0 Å². The summed E-state index contributed by atoms with van der Waals surface area (Å²) in [5, 5.41) is 0. The summed E-state index contributed by atoms with van der Waals surface area (Å²) in [6.07, 6.45) is 4.08. The van der Waals surface area contributed by atoms with Crippen LogP contribution in [0.2, 0.25) is 0 Å². The van der Waals surface area contributed by atoms with E-state index in [9.17, 15) is 14.4 Å². The lowest BCUT2D eigenvalue weighted by atomic mass is 9.52. The number of carbonyl (C=O) groups excluding carboxylic acids is 3. The molecule has 0 aromatic rings. The van der Waals surface area contributed by atoms with Crippen LogP contribution in [0.5, 0.6) is 0 Å². The molecule has 4 nitrogen and oxygen atoms in total. The van der Waals surface area contributed by atoms with Gasteiger partial charge in [-0.2, -0.15) is 0 Å². The number of Topliss-reactive ketones (excluding diaryl/α,β-unsaturated/α-hetero) is 2. The van der Waals surface area contributed by atoms with Gasteiger partial charge in [-0.15, -0.1) is 0 Å². The summed E-state index contributed by atoms with van der Waals surface area (Å²) >= 11 is 2.06. The van der Waals surface area contributed by atoms with Gasteiger partial charge in [0.2, 0.25) is 0 Å². The molecule has 4 atom stereocenters. The summed E-state index contributed by atoms with van der Waals surface area (Å²) in [5.74, 6) is 0.169. The normalized spacial score (nSPS) is 42.3. The minimum atomic E-state index is -0.461. The zero-order valence-corrected chi connectivity index (χ0v) is 14.2. The lowest BCUT2D eigenvalue weighted by Crippen LogP contribution is -2.70. The number of carbonyl (C=O) groups is 3. The Morgan fingerprint density at radius 3 is 2.81 bits per heavy atom. The molecule has 0 aromatic heterocycles. The van der Waals surface area contributed by atoms with Gasteiger partial charge in [-0.1, -0.05) is 6.92 Å². The Morgan fingerprint density at radius 2 is 2.05 bits per heavy atom. The van der Waals surface area contributed by atoms with E-state index in [1.165, 1.54) is 0 Å². The molecule has 0 radical (unpaired) electrons. The van der Waals surface area contributed by atoms with E-state index < -0.39 is 5.54 Å². The van der Waals surface area contributed by atoms with Gasteiger partial charge in [0.15, 0.2) is 0 Å². The van der Waals surface area contributed by atoms with Crippen molar-refractivity contribution in [3.05, 3.63) is 9.15 Å². The fraction of sp³-hybridized carbons (Fsp3) is 0.688. The van der Waals surface area contributed by atoms with E-state index in [2.05, 4.69) is 29.5 Å². The van der Waals surface area contributed by atoms with Crippen LogP contribution in [0, 0.1) is 17.8 Å². The molecule has 2 aliphatic carbocycles. The highest BCUT2D eigenvalue weighted by molar-refractivity contribution is 14.1. The zero-order valence-electron chi connectivity index (χ0n) is 12.0. The number of nitrogens with zero attached hydrogens (tertiary/aromatic N) is 1. The molecule has 2 heterocycles. The summed E-state index contributed by atoms with van der Waals surface area (Å²) in [7, 11) is 0. The quantitative estimate of drug-likeness (QED) is 0.464. The largest absolute Gasteiger partial charge is 0.326 e. The van der Waals surface area contributed by atoms with Gasteiger partial charge < -0.3 is 4.90 Å². The average Bonchev–Trinajstić information content (AvgIpc) is 2.42. The van der Waals surface area contributed by atoms with E-state index >= 15 is 0 Å². The monoisotopic (exact) mass is 399 g/mol. The van der Waals surface area contributed by atoms with E-state index in [0.29, 0.717) is 28.2 Å². The lowest BCUT2D eigenvalue weighted by Gasteiger charge is -2.62. The van der Waals surface area contributed by atoms with Crippen LogP contribution in [0.1, 0.15) is 39.0 Å². The molecule has 2 saturated carbocycles. The average molecular weight is 399 g/mol. The molecule has 0 unspecified atom stereocenters. The summed E-state index contributed by atoms with van der Waals surface area (Å²) in [4.78, 5) is 39.3. The SMILES string of the molecule is C[C@@H]1C[C@H]2CC(=O)[C@H]3CCCN4C(=O)C(=O)C(I)=C2[C@]34C1. The molecular weight excluding hydrogens is 381 g/mol. The van der Waals surface area contributed by atoms with Gasteiger partial charge in [-0.05, 0) is 65.7 Å². The maximum Gasteiger partial charge on any atom is 0.296 e. The van der Waals surface area contributed by atoms with Crippen LogP contribution in [0.25, 0.3) is 0 Å². The number of hydrogen-bond acceptors (Lipinski definition) is 3. The molecule has 2 bridgehead atoms. The highest BCUT2D eigenvalue weighted by Gasteiger charge is 2.63. The summed E-state index contributed by atoms with van der Waals surface area (Å²) in [5.41, 5.74) is 0.673. The fourth-order valence-corrected chi connectivity index (χ4v) is 6.47. The van der Waals surface area contributed by atoms with Crippen LogP contribution in [0.4, 0.5) is 0 Å². The predicted molar refractivity (Wildman–Crippen MR) is 84.7 cm³/mol. The Morgan fingerprint density at radius 1 is 1.29 bits per heavy atom. The van der Waals surface area contributed by atoms with Crippen LogP contribution < -0.4 is 0 Å². The predicted octanol–water partition coefficient (Wildman–Crippen LogP) is 2.25. The number of halogens is 1. The second-order valence-corrected chi connectivity index (χ2v) is 8.12. The third-order valence-electron chi connectivity index (χ3n) is 5.87. The van der Waals surface area contributed by atoms with Crippen molar-refractivity contribution in [2.45, 2.75) is 44.6 Å². The van der Waals surface area contributed by atoms with E-state index in [0.717, 1.165) is 31.3 Å². The van der Waals surface area contributed by atoms with Gasteiger partial charge in [0, 0.05) is 18.9 Å². The Kier molecular flexibility index (Phi) is 2.91. The second kappa shape index (κ2) is 4.40. The molecule has 3 fully saturated rings. The van der Waals surface area contributed by atoms with Gasteiger partial charge in [-0.3, -0.25) is 14.4 Å². The Balaban J connectivity index is 2.01. The van der Waals surface area contributed by atoms with Crippen molar-refractivity contribution in [1.29, 1.82) is 0 Å². The number of hydrogen-bond donors (Lipinski definition) is 0. The van der Waals surface area contributed by atoms with Gasteiger partial charge in [-0.25, -0.2) is 0 Å². The Labute approximate surface area is 137 Å². The minimum absolute atomic E-state index is 0.0814. The van der Waals surface area contributed by atoms with E-state index in [1.54, 1.807) is 4.90 Å². The number of rotatable bonds is 0. The van der Waals surface area contributed by atoms with Crippen molar-refractivity contribution in [2.75, 3.05) is 6.54 Å². The standard InChI is InChI=1S/C16H18INO3/c1-8-5-9-6-11(19)10-3-2-4-18-15(21)14(20)13(17)12(9)16(10,18)7-8/h8-10H,2-7H2,1H3/t8-,9+,10-,16+/m1/s1. The van der Waals surface area contributed by atoms with Crippen LogP contribution >= 0.6 is 22.6 Å². The third-order valence-corrected chi connectivity index (χ3v) is 6.94. The minimum Gasteiger partial charge on any atom is -0.326 e.